The SMILES string of the molecule is CCC(=O)N1Cc2ccccc2C(Br)C1. The molecule has 0 N–H and O–H groups in total. The Balaban J connectivity index is 2.26. The zero-order chi connectivity index (χ0) is 10.8. The summed E-state index contributed by atoms with van der Waals surface area (Å²) in [4.78, 5) is 13.8. The smallest absolute Gasteiger partial charge is 0.222 e. The van der Waals surface area contributed by atoms with Crippen LogP contribution in [0, 0.1) is 0 Å². The Bertz CT molecular complexity index is 378. The highest BCUT2D eigenvalue weighted by atomic mass is 79.9. The number of hydrogen-bond donors (Lipinski definition) is 0. The monoisotopic (exact) mass is 267 g/mol. The molecule has 0 saturated heterocycles. The van der Waals surface area contributed by atoms with E-state index in [1.165, 1.54) is 11.1 Å². The molecule has 0 bridgehead atoms. The first kappa shape index (κ1) is 10.7. The molecular formula is C12H14BrNO. The summed E-state index contributed by atoms with van der Waals surface area (Å²) >= 11 is 3.63. The number of hydrogen-bond acceptors (Lipinski definition) is 1. The Morgan fingerprint density at radius 3 is 3.00 bits per heavy atom. The number of carbonyl (C=O) groups is 1. The molecule has 3 heteroatoms. The fraction of sp³-hybridized carbons (Fsp3) is 0.417. The van der Waals surface area contributed by atoms with Gasteiger partial charge < -0.3 is 4.90 Å². The van der Waals surface area contributed by atoms with Crippen molar-refractivity contribution in [3.8, 4) is 0 Å². The highest BCUT2D eigenvalue weighted by Crippen LogP contribution is 2.32. The first-order valence-corrected chi connectivity index (χ1v) is 6.13. The van der Waals surface area contributed by atoms with Crippen molar-refractivity contribution in [2.24, 2.45) is 0 Å². The van der Waals surface area contributed by atoms with E-state index in [0.29, 0.717) is 6.42 Å². The fourth-order valence-electron chi connectivity index (χ4n) is 1.96. The first-order valence-electron chi connectivity index (χ1n) is 5.22. The maximum absolute atomic E-state index is 11.6. The van der Waals surface area contributed by atoms with E-state index in [1.807, 2.05) is 24.0 Å². The van der Waals surface area contributed by atoms with Gasteiger partial charge >= 0.3 is 0 Å². The molecule has 0 fully saturated rings. The van der Waals surface area contributed by atoms with E-state index in [9.17, 15) is 4.79 Å². The molecule has 1 heterocycles. The van der Waals surface area contributed by atoms with Crippen molar-refractivity contribution in [2.45, 2.75) is 24.7 Å². The number of fused-ring (bicyclic) bond motifs is 1. The summed E-state index contributed by atoms with van der Waals surface area (Å²) in [6.45, 7) is 3.45. The Morgan fingerprint density at radius 1 is 1.53 bits per heavy atom. The Hall–Kier alpha value is -0.830. The molecule has 1 unspecified atom stereocenters. The van der Waals surface area contributed by atoms with Gasteiger partial charge in [-0.2, -0.15) is 0 Å². The second kappa shape index (κ2) is 4.35. The summed E-state index contributed by atoms with van der Waals surface area (Å²) in [7, 11) is 0. The van der Waals surface area contributed by atoms with Gasteiger partial charge in [0.25, 0.3) is 0 Å². The van der Waals surface area contributed by atoms with Gasteiger partial charge in [0.2, 0.25) is 5.91 Å². The van der Waals surface area contributed by atoms with Crippen LogP contribution >= 0.6 is 15.9 Å². The second-order valence-corrected chi connectivity index (χ2v) is 4.90. The van der Waals surface area contributed by atoms with Crippen molar-refractivity contribution in [1.82, 2.24) is 4.90 Å². The molecule has 1 amide bonds. The molecule has 1 aliphatic rings. The van der Waals surface area contributed by atoms with Gasteiger partial charge in [-0.3, -0.25) is 4.79 Å². The van der Waals surface area contributed by atoms with Crippen molar-refractivity contribution in [3.05, 3.63) is 35.4 Å². The van der Waals surface area contributed by atoms with Crippen LogP contribution in [-0.4, -0.2) is 17.4 Å². The predicted octanol–water partition coefficient (Wildman–Crippen LogP) is 2.87. The molecule has 80 valence electrons. The zero-order valence-electron chi connectivity index (χ0n) is 8.74. The molecular weight excluding hydrogens is 254 g/mol. The van der Waals surface area contributed by atoms with Gasteiger partial charge in [0.05, 0.1) is 4.83 Å². The van der Waals surface area contributed by atoms with Gasteiger partial charge in [-0.1, -0.05) is 47.1 Å². The third-order valence-corrected chi connectivity index (χ3v) is 3.57. The van der Waals surface area contributed by atoms with Crippen LogP contribution in [0.5, 0.6) is 0 Å². The van der Waals surface area contributed by atoms with Crippen LogP contribution in [0.15, 0.2) is 24.3 Å². The normalized spacial score (nSPS) is 19.9. The van der Waals surface area contributed by atoms with Gasteiger partial charge in [0.15, 0.2) is 0 Å². The van der Waals surface area contributed by atoms with Crippen LogP contribution in [-0.2, 0) is 11.3 Å². The first-order chi connectivity index (χ1) is 7.22. The van der Waals surface area contributed by atoms with E-state index in [1.54, 1.807) is 0 Å². The standard InChI is InChI=1S/C12H14BrNO/c1-2-12(15)14-7-9-5-3-4-6-10(9)11(13)8-14/h3-6,11H,2,7-8H2,1H3. The van der Waals surface area contributed by atoms with E-state index < -0.39 is 0 Å². The van der Waals surface area contributed by atoms with Crippen LogP contribution in [0.3, 0.4) is 0 Å². The largest absolute Gasteiger partial charge is 0.337 e. The maximum Gasteiger partial charge on any atom is 0.222 e. The number of amides is 1. The van der Waals surface area contributed by atoms with E-state index >= 15 is 0 Å². The van der Waals surface area contributed by atoms with Crippen LogP contribution < -0.4 is 0 Å². The number of halogens is 1. The minimum absolute atomic E-state index is 0.231. The van der Waals surface area contributed by atoms with Crippen molar-refractivity contribution >= 4 is 21.8 Å². The molecule has 1 atom stereocenters. The van der Waals surface area contributed by atoms with Gasteiger partial charge in [-0.25, -0.2) is 0 Å². The molecule has 1 aromatic rings. The van der Waals surface area contributed by atoms with Gasteiger partial charge in [-0.05, 0) is 11.1 Å². The number of nitrogens with zero attached hydrogens (tertiary/aromatic N) is 1. The Kier molecular flexibility index (Phi) is 3.10. The zero-order valence-corrected chi connectivity index (χ0v) is 10.3. The third-order valence-electron chi connectivity index (χ3n) is 2.79. The molecule has 2 nitrogen and oxygen atoms in total. The highest BCUT2D eigenvalue weighted by molar-refractivity contribution is 9.09. The van der Waals surface area contributed by atoms with Crippen molar-refractivity contribution in [3.63, 3.8) is 0 Å². The minimum Gasteiger partial charge on any atom is -0.337 e. The van der Waals surface area contributed by atoms with E-state index in [-0.39, 0.29) is 10.7 Å². The number of alkyl halides is 1. The topological polar surface area (TPSA) is 20.3 Å². The molecule has 2 rings (SSSR count). The lowest BCUT2D eigenvalue weighted by atomic mass is 10.00. The summed E-state index contributed by atoms with van der Waals surface area (Å²) in [6, 6.07) is 8.30. The molecule has 15 heavy (non-hydrogen) atoms. The van der Waals surface area contributed by atoms with Gasteiger partial charge in [0, 0.05) is 19.5 Å². The maximum atomic E-state index is 11.6. The summed E-state index contributed by atoms with van der Waals surface area (Å²) in [5.41, 5.74) is 2.57. The van der Waals surface area contributed by atoms with Gasteiger partial charge in [0.1, 0.15) is 0 Å². The molecule has 1 aliphatic heterocycles. The third kappa shape index (κ3) is 2.07. The summed E-state index contributed by atoms with van der Waals surface area (Å²) < 4.78 is 0. The van der Waals surface area contributed by atoms with Crippen molar-refractivity contribution in [2.75, 3.05) is 6.54 Å². The lowest BCUT2D eigenvalue weighted by molar-refractivity contribution is -0.131. The predicted molar refractivity (Wildman–Crippen MR) is 63.8 cm³/mol. The highest BCUT2D eigenvalue weighted by Gasteiger charge is 2.24. The number of rotatable bonds is 1. The van der Waals surface area contributed by atoms with Crippen molar-refractivity contribution in [1.29, 1.82) is 0 Å². The summed E-state index contributed by atoms with van der Waals surface area (Å²) in [6.07, 6.45) is 0.585. The lowest BCUT2D eigenvalue weighted by Gasteiger charge is -2.32. The molecule has 1 aromatic carbocycles. The number of benzene rings is 1. The van der Waals surface area contributed by atoms with Crippen LogP contribution in [0.2, 0.25) is 0 Å². The second-order valence-electron chi connectivity index (χ2n) is 3.79. The summed E-state index contributed by atoms with van der Waals surface area (Å²) in [5, 5.41) is 0. The van der Waals surface area contributed by atoms with Gasteiger partial charge in [-0.15, -0.1) is 0 Å². The van der Waals surface area contributed by atoms with Crippen LogP contribution in [0.4, 0.5) is 0 Å². The molecule has 0 aromatic heterocycles. The van der Waals surface area contributed by atoms with Crippen LogP contribution in [0.25, 0.3) is 0 Å². The minimum atomic E-state index is 0.231. The Morgan fingerprint density at radius 2 is 2.27 bits per heavy atom. The average molecular weight is 268 g/mol. The van der Waals surface area contributed by atoms with E-state index in [2.05, 4.69) is 28.1 Å². The van der Waals surface area contributed by atoms with Crippen LogP contribution in [0.1, 0.15) is 29.3 Å². The number of carbonyl (C=O) groups excluding carboxylic acids is 1. The molecule has 0 spiro atoms. The average Bonchev–Trinajstić information content (AvgIpc) is 2.28. The lowest BCUT2D eigenvalue weighted by Crippen LogP contribution is -2.36. The molecule has 0 aliphatic carbocycles. The Labute approximate surface area is 98.4 Å². The van der Waals surface area contributed by atoms with Crippen molar-refractivity contribution < 1.29 is 4.79 Å². The van der Waals surface area contributed by atoms with E-state index in [0.717, 1.165) is 13.1 Å². The fourth-order valence-corrected chi connectivity index (χ4v) is 2.76. The van der Waals surface area contributed by atoms with E-state index in [4.69, 9.17) is 0 Å². The molecule has 0 saturated carbocycles. The molecule has 0 radical (unpaired) electrons. The quantitative estimate of drug-likeness (QED) is 0.717. The summed E-state index contributed by atoms with van der Waals surface area (Å²) in [5.74, 6) is 0.231.